The monoisotopic (exact) mass is 508 g/mol. The van der Waals surface area contributed by atoms with Crippen LogP contribution in [0, 0.1) is 0 Å². The molecule has 0 aliphatic carbocycles. The number of ketones is 1. The molecular weight excluding hydrogens is 491 g/mol. The Kier molecular flexibility index (Phi) is 5.90. The highest BCUT2D eigenvalue weighted by atomic mass is 35.5. The molecule has 2 heterocycles. The van der Waals surface area contributed by atoms with Crippen molar-refractivity contribution in [2.45, 2.75) is 19.4 Å². The summed E-state index contributed by atoms with van der Waals surface area (Å²) in [6, 6.07) is 18.4. The molecule has 4 aromatic rings. The number of hydrogen-bond donors (Lipinski definition) is 1. The summed E-state index contributed by atoms with van der Waals surface area (Å²) in [5.41, 5.74) is 2.91. The number of halogens is 2. The predicted octanol–water partition coefficient (Wildman–Crippen LogP) is 6.79. The molecule has 1 aliphatic rings. The highest BCUT2D eigenvalue weighted by Gasteiger charge is 2.48. The molecule has 1 saturated heterocycles. The molecule has 5 rings (SSSR count). The Hall–Kier alpha value is -3.19. The van der Waals surface area contributed by atoms with E-state index in [-0.39, 0.29) is 11.3 Å². The molecule has 1 amide bonds. The van der Waals surface area contributed by atoms with Crippen LogP contribution in [0.15, 0.2) is 72.3 Å². The van der Waals surface area contributed by atoms with Gasteiger partial charge in [-0.25, -0.2) is 4.98 Å². The molecule has 0 unspecified atom stereocenters. The normalized spacial score (nSPS) is 17.6. The van der Waals surface area contributed by atoms with Crippen LogP contribution in [0.25, 0.3) is 16.0 Å². The molecule has 34 heavy (non-hydrogen) atoms. The number of Topliss-reactive ketones (excluding diaryl/α,β-unsaturated/α-hetero) is 1. The van der Waals surface area contributed by atoms with Gasteiger partial charge in [0.1, 0.15) is 5.76 Å². The van der Waals surface area contributed by atoms with Crippen molar-refractivity contribution in [3.05, 3.63) is 99.0 Å². The standard InChI is InChI=1S/C26H18Cl2N2O3S/c1-2-14-3-12-19-20(13-14)34-26(29-19)30-22(15-4-8-17(27)9-5-15)21(24(32)25(30)33)23(31)16-6-10-18(28)11-7-16/h3-13,22,31H,2H2,1H3/t22-/m1/s1. The lowest BCUT2D eigenvalue weighted by atomic mass is 9.95. The minimum Gasteiger partial charge on any atom is -0.507 e. The molecule has 0 spiro atoms. The third-order valence-electron chi connectivity index (χ3n) is 5.80. The topological polar surface area (TPSA) is 70.5 Å². The third-order valence-corrected chi connectivity index (χ3v) is 7.33. The molecule has 0 saturated carbocycles. The van der Waals surface area contributed by atoms with Gasteiger partial charge >= 0.3 is 5.91 Å². The van der Waals surface area contributed by atoms with Crippen molar-refractivity contribution < 1.29 is 14.7 Å². The van der Waals surface area contributed by atoms with Gasteiger partial charge in [-0.2, -0.15) is 0 Å². The first-order valence-corrected chi connectivity index (χ1v) is 12.2. The lowest BCUT2D eigenvalue weighted by Crippen LogP contribution is -2.29. The molecule has 1 aromatic heterocycles. The maximum Gasteiger partial charge on any atom is 0.301 e. The van der Waals surface area contributed by atoms with Crippen molar-refractivity contribution in [1.82, 2.24) is 4.98 Å². The molecule has 5 nitrogen and oxygen atoms in total. The first-order valence-electron chi connectivity index (χ1n) is 10.6. The molecule has 0 bridgehead atoms. The van der Waals surface area contributed by atoms with Gasteiger partial charge in [0.2, 0.25) is 0 Å². The quantitative estimate of drug-likeness (QED) is 0.187. The number of benzene rings is 3. The fourth-order valence-electron chi connectivity index (χ4n) is 4.03. The number of aryl methyl sites for hydroxylation is 1. The van der Waals surface area contributed by atoms with Gasteiger partial charge in [-0.05, 0) is 66.1 Å². The van der Waals surface area contributed by atoms with Crippen molar-refractivity contribution in [2.75, 3.05) is 4.90 Å². The molecular formula is C26H18Cl2N2O3S. The molecule has 1 N–H and O–H groups in total. The van der Waals surface area contributed by atoms with Gasteiger partial charge in [-0.3, -0.25) is 14.5 Å². The zero-order chi connectivity index (χ0) is 24.0. The van der Waals surface area contributed by atoms with Crippen LogP contribution in [-0.4, -0.2) is 21.8 Å². The Bertz CT molecular complexity index is 1460. The van der Waals surface area contributed by atoms with E-state index in [9.17, 15) is 14.7 Å². The lowest BCUT2D eigenvalue weighted by Gasteiger charge is -2.23. The SMILES string of the molecule is CCc1ccc2nc(N3C(=O)C(=O)C(=C(O)c4ccc(Cl)cc4)[C@H]3c3ccc(Cl)cc3)sc2c1. The molecule has 170 valence electrons. The van der Waals surface area contributed by atoms with Gasteiger partial charge in [0.05, 0.1) is 21.8 Å². The average molecular weight is 509 g/mol. The maximum atomic E-state index is 13.3. The number of fused-ring (bicyclic) bond motifs is 1. The summed E-state index contributed by atoms with van der Waals surface area (Å²) in [7, 11) is 0. The first-order chi connectivity index (χ1) is 16.4. The van der Waals surface area contributed by atoms with E-state index in [1.54, 1.807) is 48.5 Å². The number of hydrogen-bond acceptors (Lipinski definition) is 5. The molecule has 1 atom stereocenters. The van der Waals surface area contributed by atoms with Crippen LogP contribution in [0.4, 0.5) is 5.13 Å². The van der Waals surface area contributed by atoms with Crippen molar-refractivity contribution in [3.8, 4) is 0 Å². The smallest absolute Gasteiger partial charge is 0.301 e. The number of aliphatic hydroxyl groups is 1. The van der Waals surface area contributed by atoms with Gasteiger partial charge in [0.25, 0.3) is 5.78 Å². The van der Waals surface area contributed by atoms with Crippen LogP contribution in [0.1, 0.15) is 29.7 Å². The molecule has 1 fully saturated rings. The van der Waals surface area contributed by atoms with E-state index in [1.807, 2.05) is 18.2 Å². The second-order valence-corrected chi connectivity index (χ2v) is 9.76. The summed E-state index contributed by atoms with van der Waals surface area (Å²) in [4.78, 5) is 32.6. The minimum atomic E-state index is -0.862. The first kappa shape index (κ1) is 22.6. The number of aliphatic hydroxyl groups excluding tert-OH is 1. The summed E-state index contributed by atoms with van der Waals surface area (Å²) < 4.78 is 0.920. The molecule has 3 aromatic carbocycles. The van der Waals surface area contributed by atoms with E-state index in [0.29, 0.717) is 26.3 Å². The van der Waals surface area contributed by atoms with Crippen LogP contribution >= 0.6 is 34.5 Å². The summed E-state index contributed by atoms with van der Waals surface area (Å²) >= 11 is 13.4. The largest absolute Gasteiger partial charge is 0.507 e. The maximum absolute atomic E-state index is 13.3. The van der Waals surface area contributed by atoms with E-state index in [0.717, 1.165) is 22.2 Å². The number of amides is 1. The Balaban J connectivity index is 1.71. The highest BCUT2D eigenvalue weighted by Crippen LogP contribution is 2.44. The number of thiazole rings is 1. The fraction of sp³-hybridized carbons (Fsp3) is 0.115. The van der Waals surface area contributed by atoms with E-state index in [2.05, 4.69) is 11.9 Å². The van der Waals surface area contributed by atoms with E-state index in [4.69, 9.17) is 23.2 Å². The van der Waals surface area contributed by atoms with Gasteiger partial charge in [0, 0.05) is 15.6 Å². The Morgan fingerprint density at radius 3 is 2.29 bits per heavy atom. The van der Waals surface area contributed by atoms with Crippen molar-refractivity contribution >= 4 is 67.3 Å². The van der Waals surface area contributed by atoms with Crippen molar-refractivity contribution in [3.63, 3.8) is 0 Å². The molecule has 0 radical (unpaired) electrons. The van der Waals surface area contributed by atoms with Crippen molar-refractivity contribution in [1.29, 1.82) is 0 Å². The number of nitrogens with zero attached hydrogens (tertiary/aromatic N) is 2. The number of carbonyl (C=O) groups excluding carboxylic acids is 2. The summed E-state index contributed by atoms with van der Waals surface area (Å²) in [6.45, 7) is 2.07. The number of carbonyl (C=O) groups is 2. The number of anilines is 1. The lowest BCUT2D eigenvalue weighted by molar-refractivity contribution is -0.132. The van der Waals surface area contributed by atoms with Crippen LogP contribution in [-0.2, 0) is 16.0 Å². The van der Waals surface area contributed by atoms with Crippen LogP contribution in [0.2, 0.25) is 10.0 Å². The van der Waals surface area contributed by atoms with Gasteiger partial charge in [-0.15, -0.1) is 0 Å². The van der Waals surface area contributed by atoms with E-state index in [1.165, 1.54) is 16.2 Å². The van der Waals surface area contributed by atoms with E-state index < -0.39 is 17.7 Å². The highest BCUT2D eigenvalue weighted by molar-refractivity contribution is 7.22. The summed E-state index contributed by atoms with van der Waals surface area (Å²) in [5.74, 6) is -1.79. The van der Waals surface area contributed by atoms with Gasteiger partial charge < -0.3 is 5.11 Å². The van der Waals surface area contributed by atoms with Gasteiger partial charge in [0.15, 0.2) is 5.13 Å². The molecule has 1 aliphatic heterocycles. The number of rotatable bonds is 4. The Labute approximate surface area is 209 Å². The average Bonchev–Trinajstić information content (AvgIpc) is 3.37. The fourth-order valence-corrected chi connectivity index (χ4v) is 5.34. The van der Waals surface area contributed by atoms with E-state index >= 15 is 0 Å². The zero-order valence-corrected chi connectivity index (χ0v) is 20.3. The summed E-state index contributed by atoms with van der Waals surface area (Å²) in [5, 5.41) is 12.6. The van der Waals surface area contributed by atoms with Crippen LogP contribution in [0.3, 0.4) is 0 Å². The Morgan fingerprint density at radius 2 is 1.65 bits per heavy atom. The predicted molar refractivity (Wildman–Crippen MR) is 137 cm³/mol. The second kappa shape index (κ2) is 8.87. The second-order valence-electron chi connectivity index (χ2n) is 7.88. The minimum absolute atomic E-state index is 0.0110. The van der Waals surface area contributed by atoms with Crippen LogP contribution < -0.4 is 4.90 Å². The third kappa shape index (κ3) is 3.88. The Morgan fingerprint density at radius 1 is 1.00 bits per heavy atom. The molecule has 8 heteroatoms. The zero-order valence-electron chi connectivity index (χ0n) is 18.0. The van der Waals surface area contributed by atoms with Gasteiger partial charge in [-0.1, -0.05) is 59.7 Å². The summed E-state index contributed by atoms with van der Waals surface area (Å²) in [6.07, 6.45) is 0.875. The van der Waals surface area contributed by atoms with Crippen molar-refractivity contribution in [2.24, 2.45) is 0 Å². The number of aromatic nitrogens is 1. The van der Waals surface area contributed by atoms with Crippen LogP contribution in [0.5, 0.6) is 0 Å².